The minimum absolute atomic E-state index is 0.321. The molecule has 3 nitrogen and oxygen atoms in total. The molecule has 0 saturated heterocycles. The minimum atomic E-state index is 0.321. The third-order valence-electron chi connectivity index (χ3n) is 3.13. The van der Waals surface area contributed by atoms with E-state index in [9.17, 15) is 4.79 Å². The molecule has 0 fully saturated rings. The van der Waals surface area contributed by atoms with E-state index >= 15 is 0 Å². The van der Waals surface area contributed by atoms with Crippen molar-refractivity contribution >= 4 is 21.7 Å². The lowest BCUT2D eigenvalue weighted by atomic mass is 10.1. The van der Waals surface area contributed by atoms with Crippen molar-refractivity contribution in [2.45, 2.75) is 65.8 Å². The molecule has 0 N–H and O–H groups in total. The van der Waals surface area contributed by atoms with Crippen LogP contribution in [0.3, 0.4) is 0 Å². The summed E-state index contributed by atoms with van der Waals surface area (Å²) in [4.78, 5) is 11.9. The van der Waals surface area contributed by atoms with E-state index in [1.807, 2.05) is 18.5 Å². The van der Waals surface area contributed by atoms with Crippen LogP contribution in [0.2, 0.25) is 0 Å². The number of unbranched alkanes of at least 4 members (excludes halogenated alkanes) is 3. The molecule has 1 rings (SSSR count). The summed E-state index contributed by atoms with van der Waals surface area (Å²) in [5, 5.41) is 4.41. The highest BCUT2D eigenvalue weighted by Crippen LogP contribution is 2.22. The second-order valence-electron chi connectivity index (χ2n) is 4.69. The van der Waals surface area contributed by atoms with Crippen LogP contribution in [0.5, 0.6) is 0 Å². The van der Waals surface area contributed by atoms with E-state index in [2.05, 4.69) is 28.0 Å². The molecule has 0 bridgehead atoms. The molecule has 102 valence electrons. The van der Waals surface area contributed by atoms with Crippen molar-refractivity contribution in [3.63, 3.8) is 0 Å². The van der Waals surface area contributed by atoms with Gasteiger partial charge in [-0.2, -0.15) is 5.10 Å². The van der Waals surface area contributed by atoms with Crippen LogP contribution in [0.15, 0.2) is 4.47 Å². The third kappa shape index (κ3) is 4.23. The summed E-state index contributed by atoms with van der Waals surface area (Å²) in [6.45, 7) is 7.01. The molecule has 4 heteroatoms. The lowest BCUT2D eigenvalue weighted by Gasteiger charge is -2.05. The monoisotopic (exact) mass is 314 g/mol. The number of Topliss-reactive ketones (excluding diaryl/α,β-unsaturated/α-hetero) is 1. The highest BCUT2D eigenvalue weighted by atomic mass is 79.9. The van der Waals surface area contributed by atoms with Crippen molar-refractivity contribution in [2.24, 2.45) is 0 Å². The van der Waals surface area contributed by atoms with Gasteiger partial charge in [0.15, 0.2) is 0 Å². The van der Waals surface area contributed by atoms with Crippen LogP contribution in [0, 0.1) is 6.92 Å². The van der Waals surface area contributed by atoms with Gasteiger partial charge in [-0.15, -0.1) is 0 Å². The molecule has 0 aliphatic carbocycles. The van der Waals surface area contributed by atoms with Gasteiger partial charge < -0.3 is 0 Å². The molecule has 1 aromatic heterocycles. The van der Waals surface area contributed by atoms with Crippen molar-refractivity contribution in [3.05, 3.63) is 15.9 Å². The molecule has 0 unspecified atom stereocenters. The Bertz CT molecular complexity index is 399. The largest absolute Gasteiger partial charge is 0.299 e. The summed E-state index contributed by atoms with van der Waals surface area (Å²) in [6.07, 6.45) is 5.81. The molecule has 0 aromatic carbocycles. The van der Waals surface area contributed by atoms with Crippen molar-refractivity contribution in [1.82, 2.24) is 9.78 Å². The van der Waals surface area contributed by atoms with Gasteiger partial charge >= 0.3 is 0 Å². The van der Waals surface area contributed by atoms with Crippen molar-refractivity contribution in [1.29, 1.82) is 0 Å². The molecule has 0 atom stereocenters. The normalized spacial score (nSPS) is 10.9. The lowest BCUT2D eigenvalue weighted by Crippen LogP contribution is -2.09. The lowest BCUT2D eigenvalue weighted by molar-refractivity contribution is -0.118. The summed E-state index contributed by atoms with van der Waals surface area (Å²) in [7, 11) is 0. The van der Waals surface area contributed by atoms with Gasteiger partial charge in [0.05, 0.1) is 15.9 Å². The van der Waals surface area contributed by atoms with E-state index in [0.717, 1.165) is 35.2 Å². The zero-order valence-electron chi connectivity index (χ0n) is 11.6. The van der Waals surface area contributed by atoms with Gasteiger partial charge in [0, 0.05) is 19.4 Å². The van der Waals surface area contributed by atoms with Crippen LogP contribution in [-0.4, -0.2) is 15.6 Å². The second kappa shape index (κ2) is 7.72. The van der Waals surface area contributed by atoms with Crippen LogP contribution in [0.1, 0.15) is 57.3 Å². The summed E-state index contributed by atoms with van der Waals surface area (Å²) < 4.78 is 2.91. The Morgan fingerprint density at radius 3 is 2.61 bits per heavy atom. The number of ketones is 1. The Hall–Kier alpha value is -0.640. The average molecular weight is 315 g/mol. The first kappa shape index (κ1) is 15.4. The SMILES string of the molecule is CCCCCCC(=O)Cc1c(Br)c(C)nn1CC. The highest BCUT2D eigenvalue weighted by Gasteiger charge is 2.15. The van der Waals surface area contributed by atoms with Crippen LogP contribution < -0.4 is 0 Å². The fourth-order valence-corrected chi connectivity index (χ4v) is 2.49. The van der Waals surface area contributed by atoms with E-state index in [-0.39, 0.29) is 0 Å². The first-order valence-electron chi connectivity index (χ1n) is 6.83. The fraction of sp³-hybridized carbons (Fsp3) is 0.714. The van der Waals surface area contributed by atoms with Crippen LogP contribution in [0.25, 0.3) is 0 Å². The van der Waals surface area contributed by atoms with E-state index in [0.29, 0.717) is 18.6 Å². The fourth-order valence-electron chi connectivity index (χ4n) is 2.06. The molecule has 0 radical (unpaired) electrons. The Morgan fingerprint density at radius 2 is 2.00 bits per heavy atom. The first-order chi connectivity index (χ1) is 8.60. The van der Waals surface area contributed by atoms with Gasteiger partial charge in [0.1, 0.15) is 5.78 Å². The number of halogens is 1. The Morgan fingerprint density at radius 1 is 1.28 bits per heavy atom. The second-order valence-corrected chi connectivity index (χ2v) is 5.48. The third-order valence-corrected chi connectivity index (χ3v) is 4.16. The molecule has 18 heavy (non-hydrogen) atoms. The number of aromatic nitrogens is 2. The topological polar surface area (TPSA) is 34.9 Å². The van der Waals surface area contributed by atoms with Crippen molar-refractivity contribution in [3.8, 4) is 0 Å². The quantitative estimate of drug-likeness (QED) is 0.678. The molecule has 1 aromatic rings. The zero-order valence-corrected chi connectivity index (χ0v) is 13.2. The van der Waals surface area contributed by atoms with Gasteiger partial charge in [-0.3, -0.25) is 9.48 Å². The van der Waals surface area contributed by atoms with Crippen LogP contribution in [-0.2, 0) is 17.8 Å². The van der Waals surface area contributed by atoms with Crippen molar-refractivity contribution in [2.75, 3.05) is 0 Å². The number of rotatable bonds is 8. The van der Waals surface area contributed by atoms with Gasteiger partial charge in [-0.1, -0.05) is 26.2 Å². The van der Waals surface area contributed by atoms with Gasteiger partial charge in [0.25, 0.3) is 0 Å². The van der Waals surface area contributed by atoms with E-state index in [1.54, 1.807) is 0 Å². The van der Waals surface area contributed by atoms with E-state index in [4.69, 9.17) is 0 Å². The van der Waals surface area contributed by atoms with Gasteiger partial charge in [-0.05, 0) is 36.2 Å². The van der Waals surface area contributed by atoms with E-state index in [1.165, 1.54) is 12.8 Å². The number of hydrogen-bond donors (Lipinski definition) is 0. The van der Waals surface area contributed by atoms with Crippen molar-refractivity contribution < 1.29 is 4.79 Å². The summed E-state index contributed by atoms with van der Waals surface area (Å²) in [5.41, 5.74) is 1.99. The van der Waals surface area contributed by atoms with Crippen LogP contribution in [0.4, 0.5) is 0 Å². The predicted octanol–water partition coefficient (Wildman–Crippen LogP) is 4.06. The number of carbonyl (C=O) groups is 1. The molecule has 0 spiro atoms. The van der Waals surface area contributed by atoms with Crippen LogP contribution >= 0.6 is 15.9 Å². The standard InChI is InChI=1S/C14H23BrN2O/c1-4-6-7-8-9-12(18)10-13-14(15)11(3)16-17(13)5-2/h4-10H2,1-3H3. The molecular formula is C14H23BrN2O. The summed E-state index contributed by atoms with van der Waals surface area (Å²) in [5.74, 6) is 0.321. The maximum Gasteiger partial charge on any atom is 0.138 e. The minimum Gasteiger partial charge on any atom is -0.299 e. The first-order valence-corrected chi connectivity index (χ1v) is 7.62. The summed E-state index contributed by atoms with van der Waals surface area (Å²) in [6, 6.07) is 0. The van der Waals surface area contributed by atoms with Gasteiger partial charge in [0.2, 0.25) is 0 Å². The van der Waals surface area contributed by atoms with Gasteiger partial charge in [-0.25, -0.2) is 0 Å². The Kier molecular flexibility index (Phi) is 6.61. The Labute approximate surface area is 118 Å². The summed E-state index contributed by atoms with van der Waals surface area (Å²) >= 11 is 3.53. The highest BCUT2D eigenvalue weighted by molar-refractivity contribution is 9.10. The number of nitrogens with zero attached hydrogens (tertiary/aromatic N) is 2. The predicted molar refractivity (Wildman–Crippen MR) is 77.8 cm³/mol. The van der Waals surface area contributed by atoms with E-state index < -0.39 is 0 Å². The average Bonchev–Trinajstić information content (AvgIpc) is 2.62. The molecular weight excluding hydrogens is 292 g/mol. The molecule has 1 heterocycles. The maximum atomic E-state index is 11.9. The molecule has 0 aliphatic heterocycles. The number of carbonyl (C=O) groups excluding carboxylic acids is 1. The molecule has 0 aliphatic rings. The maximum absolute atomic E-state index is 11.9. The number of aryl methyl sites for hydroxylation is 2. The zero-order chi connectivity index (χ0) is 13.5. The molecule has 0 amide bonds. The number of hydrogen-bond acceptors (Lipinski definition) is 2. The molecule has 0 saturated carbocycles. The smallest absolute Gasteiger partial charge is 0.138 e. The Balaban J connectivity index is 2.53.